The highest BCUT2D eigenvalue weighted by molar-refractivity contribution is 5.66. The molecule has 0 amide bonds. The highest BCUT2D eigenvalue weighted by Gasteiger charge is 2.29. The van der Waals surface area contributed by atoms with Crippen molar-refractivity contribution in [2.75, 3.05) is 6.61 Å². The van der Waals surface area contributed by atoms with Gasteiger partial charge in [0.1, 0.15) is 6.10 Å². The first kappa shape index (κ1) is 13.1. The van der Waals surface area contributed by atoms with Gasteiger partial charge in [0.25, 0.3) is 0 Å². The highest BCUT2D eigenvalue weighted by Crippen LogP contribution is 2.20. The number of hydrogen-bond donors (Lipinski definition) is 0. The molecule has 1 unspecified atom stereocenters. The molecule has 2 atom stereocenters. The van der Waals surface area contributed by atoms with Gasteiger partial charge in [0, 0.05) is 6.92 Å². The lowest BCUT2D eigenvalue weighted by molar-refractivity contribution is -0.226. The third kappa shape index (κ3) is 3.82. The fourth-order valence-electron chi connectivity index (χ4n) is 1.94. The number of hydrogen-bond acceptors (Lipinski definition) is 4. The molecule has 0 N–H and O–H groups in total. The van der Waals surface area contributed by atoms with Crippen molar-refractivity contribution in [2.24, 2.45) is 0 Å². The monoisotopic (exact) mass is 250 g/mol. The molecule has 0 saturated carbocycles. The van der Waals surface area contributed by atoms with E-state index in [1.165, 1.54) is 6.92 Å². The Hall–Kier alpha value is -1.39. The van der Waals surface area contributed by atoms with Crippen LogP contribution >= 0.6 is 0 Å². The second-order valence-electron chi connectivity index (χ2n) is 4.33. The maximum Gasteiger partial charge on any atom is 0.305 e. The number of rotatable bonds is 4. The standard InChI is InChI=1S/C14H18O4/c1-11(15)18-14-13(8-5-9-16-14)17-10-12-6-3-2-4-7-12/h2-4,6-7,13-14H,5,8-10H2,1H3/t13-,14?/m1/s1. The van der Waals surface area contributed by atoms with Gasteiger partial charge in [0.15, 0.2) is 0 Å². The Bertz CT molecular complexity index is 377. The maximum atomic E-state index is 11.0. The Balaban J connectivity index is 1.87. The van der Waals surface area contributed by atoms with E-state index >= 15 is 0 Å². The molecule has 1 aliphatic heterocycles. The molecule has 4 nitrogen and oxygen atoms in total. The minimum atomic E-state index is -0.569. The minimum Gasteiger partial charge on any atom is -0.433 e. The molecular weight excluding hydrogens is 232 g/mol. The Labute approximate surface area is 107 Å². The van der Waals surface area contributed by atoms with Gasteiger partial charge in [0.2, 0.25) is 6.29 Å². The number of benzene rings is 1. The molecule has 1 aromatic carbocycles. The fraction of sp³-hybridized carbons (Fsp3) is 0.500. The highest BCUT2D eigenvalue weighted by atomic mass is 16.7. The largest absolute Gasteiger partial charge is 0.433 e. The van der Waals surface area contributed by atoms with E-state index in [4.69, 9.17) is 14.2 Å². The van der Waals surface area contributed by atoms with E-state index in [1.54, 1.807) is 0 Å². The molecule has 2 rings (SSSR count). The summed E-state index contributed by atoms with van der Waals surface area (Å²) in [6.45, 7) is 2.50. The molecule has 0 aliphatic carbocycles. The topological polar surface area (TPSA) is 44.8 Å². The predicted octanol–water partition coefficient (Wildman–Crippen LogP) is 2.27. The van der Waals surface area contributed by atoms with Gasteiger partial charge in [-0.2, -0.15) is 0 Å². The smallest absolute Gasteiger partial charge is 0.305 e. The number of carbonyl (C=O) groups is 1. The van der Waals surface area contributed by atoms with E-state index in [9.17, 15) is 4.79 Å². The summed E-state index contributed by atoms with van der Waals surface area (Å²) in [6, 6.07) is 9.92. The summed E-state index contributed by atoms with van der Waals surface area (Å²) in [7, 11) is 0. The van der Waals surface area contributed by atoms with Crippen molar-refractivity contribution in [3.63, 3.8) is 0 Å². The predicted molar refractivity (Wildman–Crippen MR) is 65.8 cm³/mol. The van der Waals surface area contributed by atoms with E-state index in [0.29, 0.717) is 13.2 Å². The lowest BCUT2D eigenvalue weighted by Crippen LogP contribution is -2.39. The number of ether oxygens (including phenoxy) is 3. The molecule has 1 fully saturated rings. The lowest BCUT2D eigenvalue weighted by atomic mass is 10.1. The first-order valence-corrected chi connectivity index (χ1v) is 6.20. The van der Waals surface area contributed by atoms with E-state index in [1.807, 2.05) is 30.3 Å². The van der Waals surface area contributed by atoms with Gasteiger partial charge < -0.3 is 14.2 Å². The van der Waals surface area contributed by atoms with Gasteiger partial charge in [-0.15, -0.1) is 0 Å². The average Bonchev–Trinajstić information content (AvgIpc) is 2.38. The summed E-state index contributed by atoms with van der Waals surface area (Å²) in [5.41, 5.74) is 1.10. The van der Waals surface area contributed by atoms with Crippen LogP contribution in [0.25, 0.3) is 0 Å². The molecule has 0 spiro atoms. The fourth-order valence-corrected chi connectivity index (χ4v) is 1.94. The number of esters is 1. The van der Waals surface area contributed by atoms with Crippen molar-refractivity contribution in [1.29, 1.82) is 0 Å². The van der Waals surface area contributed by atoms with E-state index in [-0.39, 0.29) is 12.1 Å². The first-order chi connectivity index (χ1) is 8.75. The van der Waals surface area contributed by atoms with Crippen LogP contribution in [0, 0.1) is 0 Å². The zero-order valence-corrected chi connectivity index (χ0v) is 10.5. The molecule has 1 aromatic rings. The normalized spacial score (nSPS) is 23.6. The van der Waals surface area contributed by atoms with Crippen LogP contribution in [0.5, 0.6) is 0 Å². The first-order valence-electron chi connectivity index (χ1n) is 6.20. The Morgan fingerprint density at radius 3 is 2.89 bits per heavy atom. The molecule has 4 heteroatoms. The van der Waals surface area contributed by atoms with Crippen molar-refractivity contribution in [1.82, 2.24) is 0 Å². The molecule has 0 bridgehead atoms. The zero-order valence-electron chi connectivity index (χ0n) is 10.5. The Morgan fingerprint density at radius 2 is 2.17 bits per heavy atom. The molecular formula is C14H18O4. The third-order valence-corrected chi connectivity index (χ3v) is 2.81. The van der Waals surface area contributed by atoms with Gasteiger partial charge in [-0.05, 0) is 18.4 Å². The van der Waals surface area contributed by atoms with Crippen LogP contribution in [0.2, 0.25) is 0 Å². The molecule has 0 radical (unpaired) electrons. The van der Waals surface area contributed by atoms with Crippen molar-refractivity contribution in [2.45, 2.75) is 38.8 Å². The van der Waals surface area contributed by atoms with Gasteiger partial charge >= 0.3 is 5.97 Å². The molecule has 0 aromatic heterocycles. The summed E-state index contributed by atoms with van der Waals surface area (Å²) >= 11 is 0. The lowest BCUT2D eigenvalue weighted by Gasteiger charge is -2.30. The minimum absolute atomic E-state index is 0.178. The Kier molecular flexibility index (Phi) is 4.73. The molecule has 98 valence electrons. The van der Waals surface area contributed by atoms with Crippen LogP contribution in [-0.2, 0) is 25.6 Å². The van der Waals surface area contributed by atoms with Crippen molar-refractivity contribution in [3.8, 4) is 0 Å². The quantitative estimate of drug-likeness (QED) is 0.769. The molecule has 1 heterocycles. The van der Waals surface area contributed by atoms with E-state index < -0.39 is 6.29 Å². The number of carbonyl (C=O) groups excluding carboxylic acids is 1. The van der Waals surface area contributed by atoms with Gasteiger partial charge in [-0.1, -0.05) is 30.3 Å². The maximum absolute atomic E-state index is 11.0. The third-order valence-electron chi connectivity index (χ3n) is 2.81. The van der Waals surface area contributed by atoms with Crippen molar-refractivity contribution >= 4 is 5.97 Å². The van der Waals surface area contributed by atoms with Crippen LogP contribution in [0.3, 0.4) is 0 Å². The Morgan fingerprint density at radius 1 is 1.39 bits per heavy atom. The molecule has 1 saturated heterocycles. The summed E-state index contributed by atoms with van der Waals surface area (Å²) in [4.78, 5) is 11.0. The zero-order chi connectivity index (χ0) is 12.8. The van der Waals surface area contributed by atoms with E-state index in [0.717, 1.165) is 18.4 Å². The molecule has 1 aliphatic rings. The SMILES string of the molecule is CC(=O)OC1OCCC[C@H]1OCc1ccccc1. The van der Waals surface area contributed by atoms with Crippen LogP contribution < -0.4 is 0 Å². The summed E-state index contributed by atoms with van der Waals surface area (Å²) in [6.07, 6.45) is 1.03. The second-order valence-corrected chi connectivity index (χ2v) is 4.33. The average molecular weight is 250 g/mol. The van der Waals surface area contributed by atoms with Crippen LogP contribution in [-0.4, -0.2) is 25.0 Å². The summed E-state index contributed by atoms with van der Waals surface area (Å²) in [5, 5.41) is 0. The summed E-state index contributed by atoms with van der Waals surface area (Å²) in [5.74, 6) is -0.338. The van der Waals surface area contributed by atoms with Crippen molar-refractivity contribution in [3.05, 3.63) is 35.9 Å². The van der Waals surface area contributed by atoms with Gasteiger partial charge in [-0.25, -0.2) is 0 Å². The van der Waals surface area contributed by atoms with Crippen molar-refractivity contribution < 1.29 is 19.0 Å². The van der Waals surface area contributed by atoms with Crippen LogP contribution in [0.1, 0.15) is 25.3 Å². The van der Waals surface area contributed by atoms with Gasteiger partial charge in [0.05, 0.1) is 13.2 Å². The second kappa shape index (κ2) is 6.52. The summed E-state index contributed by atoms with van der Waals surface area (Å²) < 4.78 is 16.3. The van der Waals surface area contributed by atoms with Crippen LogP contribution in [0.15, 0.2) is 30.3 Å². The van der Waals surface area contributed by atoms with Gasteiger partial charge in [-0.3, -0.25) is 4.79 Å². The van der Waals surface area contributed by atoms with E-state index in [2.05, 4.69) is 0 Å². The molecule has 18 heavy (non-hydrogen) atoms. The van der Waals surface area contributed by atoms with Crippen LogP contribution in [0.4, 0.5) is 0 Å².